The van der Waals surface area contributed by atoms with Crippen molar-refractivity contribution in [1.82, 2.24) is 4.57 Å². The lowest BCUT2D eigenvalue weighted by Gasteiger charge is -2.05. The summed E-state index contributed by atoms with van der Waals surface area (Å²) in [5.41, 5.74) is 5.81. The molecule has 4 rings (SSSR count). The van der Waals surface area contributed by atoms with Crippen molar-refractivity contribution >= 4 is 17.2 Å². The van der Waals surface area contributed by atoms with Crippen LogP contribution in [0.4, 0.5) is 0 Å². The Morgan fingerprint density at radius 3 is 2.24 bits per heavy atom. The molecule has 122 valence electrons. The monoisotopic (exact) mass is 325 g/mol. The molecule has 0 bridgehead atoms. The third-order valence-electron chi connectivity index (χ3n) is 4.58. The van der Waals surface area contributed by atoms with E-state index in [0.717, 1.165) is 19.3 Å². The Morgan fingerprint density at radius 2 is 1.48 bits per heavy atom. The Kier molecular flexibility index (Phi) is 4.17. The first-order valence-corrected chi connectivity index (χ1v) is 8.48. The first-order chi connectivity index (χ1) is 12.3. The van der Waals surface area contributed by atoms with Gasteiger partial charge in [0.25, 0.3) is 0 Å². The van der Waals surface area contributed by atoms with E-state index in [0.29, 0.717) is 5.56 Å². The molecule has 0 spiro atoms. The first-order valence-electron chi connectivity index (χ1n) is 8.48. The number of aromatic nitrogens is 1. The first kappa shape index (κ1) is 15.4. The Bertz CT molecular complexity index is 997. The van der Waals surface area contributed by atoms with Crippen molar-refractivity contribution in [1.29, 1.82) is 0 Å². The zero-order valence-electron chi connectivity index (χ0n) is 13.9. The van der Waals surface area contributed by atoms with E-state index in [2.05, 4.69) is 65.4 Å². The minimum atomic E-state index is 0.714. The smallest absolute Gasteiger partial charge is 0.150 e. The number of nitrogens with zero attached hydrogens (tertiary/aromatic N) is 1. The van der Waals surface area contributed by atoms with Crippen LogP contribution in [-0.4, -0.2) is 10.9 Å². The molecule has 2 nitrogen and oxygen atoms in total. The van der Waals surface area contributed by atoms with Gasteiger partial charge >= 0.3 is 0 Å². The predicted octanol–water partition coefficient (Wildman–Crippen LogP) is 5.09. The van der Waals surface area contributed by atoms with Gasteiger partial charge in [-0.1, -0.05) is 72.8 Å². The van der Waals surface area contributed by atoms with Crippen LogP contribution in [0.2, 0.25) is 0 Å². The molecule has 0 N–H and O–H groups in total. The van der Waals surface area contributed by atoms with Gasteiger partial charge in [0.15, 0.2) is 0 Å². The predicted molar refractivity (Wildman–Crippen MR) is 102 cm³/mol. The Labute approximate surface area is 147 Å². The van der Waals surface area contributed by atoms with Gasteiger partial charge in [0.1, 0.15) is 6.29 Å². The fourth-order valence-electron chi connectivity index (χ4n) is 3.31. The summed E-state index contributed by atoms with van der Waals surface area (Å²) < 4.78 is 2.30. The maximum atomic E-state index is 10.8. The van der Waals surface area contributed by atoms with E-state index < -0.39 is 0 Å². The standard InChI is InChI=1S/C23H19NO/c25-17-20-12-10-19(11-13-20)15-24-16-21(14-18-6-2-1-3-7-18)22-8-4-5-9-23(22)24/h1-13,16-17H,14-15H2. The molecule has 25 heavy (non-hydrogen) atoms. The molecule has 0 atom stereocenters. The molecule has 0 amide bonds. The van der Waals surface area contributed by atoms with Gasteiger partial charge in [-0.05, 0) is 29.2 Å². The van der Waals surface area contributed by atoms with Gasteiger partial charge in [0, 0.05) is 29.2 Å². The lowest BCUT2D eigenvalue weighted by atomic mass is 10.0. The second-order valence-corrected chi connectivity index (χ2v) is 6.32. The van der Waals surface area contributed by atoms with Gasteiger partial charge in [-0.2, -0.15) is 0 Å². The fourth-order valence-corrected chi connectivity index (χ4v) is 3.31. The van der Waals surface area contributed by atoms with Crippen molar-refractivity contribution in [3.05, 3.63) is 107 Å². The molecule has 2 heteroatoms. The Balaban J connectivity index is 1.70. The van der Waals surface area contributed by atoms with Gasteiger partial charge in [0.05, 0.1) is 0 Å². The maximum Gasteiger partial charge on any atom is 0.150 e. The topological polar surface area (TPSA) is 22.0 Å². The quantitative estimate of drug-likeness (QED) is 0.468. The van der Waals surface area contributed by atoms with Crippen LogP contribution in [0, 0.1) is 0 Å². The van der Waals surface area contributed by atoms with Crippen LogP contribution in [0.3, 0.4) is 0 Å². The van der Waals surface area contributed by atoms with Gasteiger partial charge in [-0.25, -0.2) is 0 Å². The second kappa shape index (κ2) is 6.78. The fraction of sp³-hybridized carbons (Fsp3) is 0.0870. The number of rotatable bonds is 5. The van der Waals surface area contributed by atoms with Crippen molar-refractivity contribution in [3.63, 3.8) is 0 Å². The number of aldehydes is 1. The van der Waals surface area contributed by atoms with E-state index in [1.165, 1.54) is 27.6 Å². The number of fused-ring (bicyclic) bond motifs is 1. The summed E-state index contributed by atoms with van der Waals surface area (Å²) in [6, 6.07) is 26.9. The van der Waals surface area contributed by atoms with Crippen molar-refractivity contribution in [2.45, 2.75) is 13.0 Å². The van der Waals surface area contributed by atoms with Crippen molar-refractivity contribution in [2.24, 2.45) is 0 Å². The van der Waals surface area contributed by atoms with Crippen molar-refractivity contribution < 1.29 is 4.79 Å². The number of hydrogen-bond acceptors (Lipinski definition) is 1. The second-order valence-electron chi connectivity index (χ2n) is 6.32. The summed E-state index contributed by atoms with van der Waals surface area (Å²) in [4.78, 5) is 10.8. The summed E-state index contributed by atoms with van der Waals surface area (Å²) in [5.74, 6) is 0. The maximum absolute atomic E-state index is 10.8. The summed E-state index contributed by atoms with van der Waals surface area (Å²) in [6.07, 6.45) is 4.07. The molecule has 4 aromatic rings. The van der Waals surface area contributed by atoms with Crippen LogP contribution in [0.25, 0.3) is 10.9 Å². The van der Waals surface area contributed by atoms with Gasteiger partial charge in [-0.3, -0.25) is 4.79 Å². The molecular formula is C23H19NO. The molecule has 0 radical (unpaired) electrons. The third kappa shape index (κ3) is 3.24. The van der Waals surface area contributed by atoms with E-state index in [-0.39, 0.29) is 0 Å². The Morgan fingerprint density at radius 1 is 0.760 bits per heavy atom. The summed E-state index contributed by atoms with van der Waals surface area (Å²) in [7, 11) is 0. The molecule has 0 aliphatic carbocycles. The molecule has 0 saturated heterocycles. The van der Waals surface area contributed by atoms with Crippen LogP contribution >= 0.6 is 0 Å². The molecule has 0 saturated carbocycles. The highest BCUT2D eigenvalue weighted by atomic mass is 16.1. The highest BCUT2D eigenvalue weighted by Crippen LogP contribution is 2.24. The SMILES string of the molecule is O=Cc1ccc(Cn2cc(Cc3ccccc3)c3ccccc32)cc1. The van der Waals surface area contributed by atoms with Crippen LogP contribution < -0.4 is 0 Å². The number of carbonyl (C=O) groups is 1. The van der Waals surface area contributed by atoms with Crippen LogP contribution in [0.1, 0.15) is 27.0 Å². The van der Waals surface area contributed by atoms with E-state index in [1.807, 2.05) is 24.3 Å². The summed E-state index contributed by atoms with van der Waals surface area (Å²) in [5, 5.41) is 1.30. The third-order valence-corrected chi connectivity index (χ3v) is 4.58. The van der Waals surface area contributed by atoms with Gasteiger partial charge in [0.2, 0.25) is 0 Å². The molecule has 0 aliphatic rings. The number of carbonyl (C=O) groups excluding carboxylic acids is 1. The van der Waals surface area contributed by atoms with E-state index >= 15 is 0 Å². The van der Waals surface area contributed by atoms with Crippen molar-refractivity contribution in [3.8, 4) is 0 Å². The number of hydrogen-bond donors (Lipinski definition) is 0. The molecule has 1 heterocycles. The summed E-state index contributed by atoms with van der Waals surface area (Å²) >= 11 is 0. The van der Waals surface area contributed by atoms with E-state index in [1.54, 1.807) is 0 Å². The molecule has 0 fully saturated rings. The molecular weight excluding hydrogens is 306 g/mol. The summed E-state index contributed by atoms with van der Waals surface area (Å²) in [6.45, 7) is 0.800. The lowest BCUT2D eigenvalue weighted by molar-refractivity contribution is 0.112. The molecule has 1 aromatic heterocycles. The minimum absolute atomic E-state index is 0.714. The average molecular weight is 325 g/mol. The molecule has 3 aromatic carbocycles. The molecule has 0 unspecified atom stereocenters. The zero-order valence-corrected chi connectivity index (χ0v) is 13.9. The van der Waals surface area contributed by atoms with Crippen LogP contribution in [0.15, 0.2) is 85.1 Å². The van der Waals surface area contributed by atoms with Crippen LogP contribution in [0.5, 0.6) is 0 Å². The van der Waals surface area contributed by atoms with E-state index in [9.17, 15) is 4.79 Å². The van der Waals surface area contributed by atoms with Crippen molar-refractivity contribution in [2.75, 3.05) is 0 Å². The largest absolute Gasteiger partial charge is 0.343 e. The highest BCUT2D eigenvalue weighted by molar-refractivity contribution is 5.84. The van der Waals surface area contributed by atoms with Gasteiger partial charge < -0.3 is 4.57 Å². The van der Waals surface area contributed by atoms with Crippen LogP contribution in [-0.2, 0) is 13.0 Å². The highest BCUT2D eigenvalue weighted by Gasteiger charge is 2.09. The normalized spacial score (nSPS) is 10.9. The molecule has 0 aliphatic heterocycles. The average Bonchev–Trinajstić information content (AvgIpc) is 3.01. The lowest BCUT2D eigenvalue weighted by Crippen LogP contribution is -1.98. The van der Waals surface area contributed by atoms with E-state index in [4.69, 9.17) is 0 Å². The minimum Gasteiger partial charge on any atom is -0.343 e. The number of benzene rings is 3. The van der Waals surface area contributed by atoms with Gasteiger partial charge in [-0.15, -0.1) is 0 Å². The Hall–Kier alpha value is -3.13. The zero-order chi connectivity index (χ0) is 17.1. The number of para-hydroxylation sites is 1.